The van der Waals surface area contributed by atoms with E-state index in [1.54, 1.807) is 0 Å². The maximum absolute atomic E-state index is 12.9. The number of hydrogen-bond donors (Lipinski definition) is 2. The first-order chi connectivity index (χ1) is 33.2. The van der Waals surface area contributed by atoms with Crippen molar-refractivity contribution in [1.82, 2.24) is 0 Å². The molecule has 0 rings (SSSR count). The van der Waals surface area contributed by atoms with E-state index < -0.39 is 57.8 Å². The SMILES string of the molecule is CCCC/C=C\CCCCCCCC(=O)OC(CO)COP(=O)(O)OCC(COC(=O)CCCCCCC/C=C\CCCCCC)OC(=O)CCCCCCCCCCCCCCCCCCC. The second-order valence-corrected chi connectivity index (χ2v) is 20.6. The molecule has 12 heteroatoms. The fourth-order valence-corrected chi connectivity index (χ4v) is 8.76. The number of aliphatic hydroxyl groups excluding tert-OH is 1. The van der Waals surface area contributed by atoms with Crippen LogP contribution in [-0.4, -0.2) is 66.5 Å². The van der Waals surface area contributed by atoms with Gasteiger partial charge in [-0.15, -0.1) is 0 Å². The van der Waals surface area contributed by atoms with Crippen molar-refractivity contribution >= 4 is 25.7 Å². The number of phosphoric ester groups is 1. The van der Waals surface area contributed by atoms with Crippen LogP contribution in [0.4, 0.5) is 0 Å². The minimum atomic E-state index is -4.74. The molecule has 0 saturated heterocycles. The number of carbonyl (C=O) groups is 3. The fourth-order valence-electron chi connectivity index (χ4n) is 7.98. The fraction of sp³-hybridized carbons (Fsp3) is 0.875. The Morgan fingerprint density at radius 1 is 0.397 bits per heavy atom. The first-order valence-electron chi connectivity index (χ1n) is 28.2. The summed E-state index contributed by atoms with van der Waals surface area (Å²) in [4.78, 5) is 48.4. The van der Waals surface area contributed by atoms with Crippen LogP contribution in [0.15, 0.2) is 24.3 Å². The van der Waals surface area contributed by atoms with Gasteiger partial charge in [0.05, 0.1) is 19.8 Å². The van der Waals surface area contributed by atoms with Crippen LogP contribution >= 0.6 is 7.82 Å². The molecule has 3 unspecified atom stereocenters. The normalized spacial score (nSPS) is 13.5. The highest BCUT2D eigenvalue weighted by Gasteiger charge is 2.28. The number of allylic oxidation sites excluding steroid dienone is 4. The van der Waals surface area contributed by atoms with Crippen LogP contribution in [0.5, 0.6) is 0 Å². The van der Waals surface area contributed by atoms with Crippen LogP contribution in [0.25, 0.3) is 0 Å². The smallest absolute Gasteiger partial charge is 0.462 e. The molecule has 0 aromatic heterocycles. The maximum Gasteiger partial charge on any atom is 0.472 e. The molecule has 0 aliphatic carbocycles. The molecule has 0 aromatic carbocycles. The number of esters is 3. The predicted molar refractivity (Wildman–Crippen MR) is 280 cm³/mol. The van der Waals surface area contributed by atoms with Crippen molar-refractivity contribution in [2.75, 3.05) is 26.4 Å². The van der Waals surface area contributed by atoms with Crippen LogP contribution in [0.1, 0.15) is 278 Å². The van der Waals surface area contributed by atoms with E-state index >= 15 is 0 Å². The molecule has 3 atom stereocenters. The van der Waals surface area contributed by atoms with E-state index in [0.717, 1.165) is 96.3 Å². The van der Waals surface area contributed by atoms with E-state index in [0.29, 0.717) is 19.3 Å². The summed E-state index contributed by atoms with van der Waals surface area (Å²) in [5.41, 5.74) is 0. The molecule has 0 saturated carbocycles. The van der Waals surface area contributed by atoms with Gasteiger partial charge in [-0.3, -0.25) is 23.4 Å². The van der Waals surface area contributed by atoms with E-state index in [4.69, 9.17) is 23.3 Å². The van der Waals surface area contributed by atoms with Crippen LogP contribution in [0.3, 0.4) is 0 Å². The average Bonchev–Trinajstić information content (AvgIpc) is 3.32. The molecule has 2 N–H and O–H groups in total. The molecule has 0 bridgehead atoms. The summed E-state index contributed by atoms with van der Waals surface area (Å²) in [5, 5.41) is 9.77. The molecule has 0 heterocycles. The average molecular weight is 985 g/mol. The molecule has 0 amide bonds. The monoisotopic (exact) mass is 985 g/mol. The number of ether oxygens (including phenoxy) is 3. The van der Waals surface area contributed by atoms with Crippen LogP contribution in [0.2, 0.25) is 0 Å². The standard InChI is InChI=1S/C56H105O11P/c1-4-7-10-13-16-19-22-24-25-26-27-29-32-35-38-41-44-47-56(60)67-53(49-63-54(58)45-42-39-36-33-31-28-23-20-17-14-11-8-5-2)51-65-68(61,62)64-50-52(48-57)66-55(59)46-43-40-37-34-30-21-18-15-12-9-6-3/h15,18,20,23,52-53,57H,4-14,16-17,19,21-22,24-51H2,1-3H3,(H,61,62)/b18-15-,23-20-. The van der Waals surface area contributed by atoms with Gasteiger partial charge < -0.3 is 24.2 Å². The van der Waals surface area contributed by atoms with Crippen molar-refractivity contribution in [3.8, 4) is 0 Å². The second kappa shape index (κ2) is 51.3. The molecule has 11 nitrogen and oxygen atoms in total. The van der Waals surface area contributed by atoms with Gasteiger partial charge in [0.1, 0.15) is 12.7 Å². The molecule has 0 aromatic rings. The van der Waals surface area contributed by atoms with Crippen LogP contribution in [0, 0.1) is 0 Å². The first kappa shape index (κ1) is 66.0. The Kier molecular flexibility index (Phi) is 49.8. The lowest BCUT2D eigenvalue weighted by molar-refractivity contribution is -0.161. The van der Waals surface area contributed by atoms with Crippen molar-refractivity contribution in [3.63, 3.8) is 0 Å². The summed E-state index contributed by atoms with van der Waals surface area (Å²) < 4.78 is 39.4. The zero-order chi connectivity index (χ0) is 49.9. The van der Waals surface area contributed by atoms with Crippen molar-refractivity contribution < 1.29 is 52.2 Å². The quantitative estimate of drug-likeness (QED) is 0.0197. The number of unbranched alkanes of at least 4 members (excludes halogenated alkanes) is 32. The Hall–Kier alpha value is -2.04. The van der Waals surface area contributed by atoms with Crippen molar-refractivity contribution in [3.05, 3.63) is 24.3 Å². The molecule has 0 fully saturated rings. The Morgan fingerprint density at radius 3 is 1.07 bits per heavy atom. The van der Waals surface area contributed by atoms with E-state index in [2.05, 4.69) is 45.1 Å². The highest BCUT2D eigenvalue weighted by Crippen LogP contribution is 2.43. The lowest BCUT2D eigenvalue weighted by Crippen LogP contribution is -2.30. The lowest BCUT2D eigenvalue weighted by atomic mass is 10.0. The number of rotatable bonds is 53. The highest BCUT2D eigenvalue weighted by atomic mass is 31.2. The molecule has 400 valence electrons. The zero-order valence-electron chi connectivity index (χ0n) is 44.1. The van der Waals surface area contributed by atoms with Crippen molar-refractivity contribution in [1.29, 1.82) is 0 Å². The summed E-state index contributed by atoms with van der Waals surface area (Å²) in [5.74, 6) is -1.46. The highest BCUT2D eigenvalue weighted by molar-refractivity contribution is 7.47. The summed E-state index contributed by atoms with van der Waals surface area (Å²) in [6, 6.07) is 0. The van der Waals surface area contributed by atoms with E-state index in [9.17, 15) is 28.9 Å². The van der Waals surface area contributed by atoms with Gasteiger partial charge in [0.2, 0.25) is 0 Å². The third-order valence-electron chi connectivity index (χ3n) is 12.3. The minimum Gasteiger partial charge on any atom is -0.462 e. The summed E-state index contributed by atoms with van der Waals surface area (Å²) >= 11 is 0. The number of hydrogen-bond acceptors (Lipinski definition) is 10. The molecular weight excluding hydrogens is 880 g/mol. The second-order valence-electron chi connectivity index (χ2n) is 19.1. The van der Waals surface area contributed by atoms with E-state index in [1.807, 2.05) is 0 Å². The zero-order valence-corrected chi connectivity index (χ0v) is 45.0. The Balaban J connectivity index is 4.70. The first-order valence-corrected chi connectivity index (χ1v) is 29.7. The molecule has 0 spiro atoms. The van der Waals surface area contributed by atoms with Crippen LogP contribution < -0.4 is 0 Å². The molecular formula is C56H105O11P. The molecule has 0 aliphatic heterocycles. The van der Waals surface area contributed by atoms with Crippen molar-refractivity contribution in [2.24, 2.45) is 0 Å². The third kappa shape index (κ3) is 49.0. The third-order valence-corrected chi connectivity index (χ3v) is 13.3. The van der Waals surface area contributed by atoms with Gasteiger partial charge in [0, 0.05) is 19.3 Å². The lowest BCUT2D eigenvalue weighted by Gasteiger charge is -2.21. The number of carbonyl (C=O) groups excluding carboxylic acids is 3. The van der Waals surface area contributed by atoms with E-state index in [1.165, 1.54) is 122 Å². The van der Waals surface area contributed by atoms with Gasteiger partial charge in [0.15, 0.2) is 6.10 Å². The van der Waals surface area contributed by atoms with E-state index in [-0.39, 0.29) is 25.9 Å². The largest absolute Gasteiger partial charge is 0.472 e. The minimum absolute atomic E-state index is 0.170. The molecule has 0 aliphatic rings. The van der Waals surface area contributed by atoms with Gasteiger partial charge in [-0.1, -0.05) is 218 Å². The van der Waals surface area contributed by atoms with Gasteiger partial charge in [0.25, 0.3) is 0 Å². The van der Waals surface area contributed by atoms with Gasteiger partial charge in [-0.25, -0.2) is 4.57 Å². The van der Waals surface area contributed by atoms with Gasteiger partial charge >= 0.3 is 25.7 Å². The number of aliphatic hydroxyl groups is 1. The number of phosphoric acid groups is 1. The van der Waals surface area contributed by atoms with Gasteiger partial charge in [-0.2, -0.15) is 0 Å². The Labute approximate surface area is 417 Å². The summed E-state index contributed by atoms with van der Waals surface area (Å²) in [7, 11) is -4.74. The van der Waals surface area contributed by atoms with Crippen molar-refractivity contribution in [2.45, 2.75) is 290 Å². The Bertz CT molecular complexity index is 1240. The maximum atomic E-state index is 12.9. The topological polar surface area (TPSA) is 155 Å². The van der Waals surface area contributed by atoms with Gasteiger partial charge in [-0.05, 0) is 64.2 Å². The molecule has 68 heavy (non-hydrogen) atoms. The Morgan fingerprint density at radius 2 is 0.691 bits per heavy atom. The summed E-state index contributed by atoms with van der Waals surface area (Å²) in [6.45, 7) is 4.61. The predicted octanol–water partition coefficient (Wildman–Crippen LogP) is 16.3. The summed E-state index contributed by atoms with van der Waals surface area (Å²) in [6.07, 6.45) is 50.0. The van der Waals surface area contributed by atoms with Crippen LogP contribution in [-0.2, 0) is 42.2 Å². The molecule has 0 radical (unpaired) electrons.